The van der Waals surface area contributed by atoms with E-state index in [0.717, 1.165) is 17.8 Å². The first-order chi connectivity index (χ1) is 10.2. The molecule has 3 rings (SSSR count). The van der Waals surface area contributed by atoms with Crippen molar-refractivity contribution < 1.29 is 4.39 Å². The fraction of sp³-hybridized carbons (Fsp3) is 0.312. The van der Waals surface area contributed by atoms with Gasteiger partial charge in [-0.1, -0.05) is 12.1 Å². The van der Waals surface area contributed by atoms with Crippen LogP contribution in [0, 0.1) is 5.82 Å². The average Bonchev–Trinajstić information content (AvgIpc) is 3.07. The van der Waals surface area contributed by atoms with Crippen molar-refractivity contribution in [3.8, 4) is 0 Å². The molecule has 0 N–H and O–H groups in total. The van der Waals surface area contributed by atoms with E-state index in [4.69, 9.17) is 11.6 Å². The number of aromatic nitrogens is 2. The molecule has 110 valence electrons. The molecule has 0 aliphatic heterocycles. The van der Waals surface area contributed by atoms with Crippen LogP contribution in [0.2, 0.25) is 0 Å². The van der Waals surface area contributed by atoms with E-state index in [0.29, 0.717) is 17.8 Å². The van der Waals surface area contributed by atoms with E-state index in [1.807, 2.05) is 6.07 Å². The summed E-state index contributed by atoms with van der Waals surface area (Å²) in [5.41, 5.74) is 1.29. The molecule has 0 saturated heterocycles. The molecule has 1 unspecified atom stereocenters. The van der Waals surface area contributed by atoms with Gasteiger partial charge in [0.1, 0.15) is 11.3 Å². The fourth-order valence-electron chi connectivity index (χ4n) is 2.69. The lowest BCUT2D eigenvalue weighted by molar-refractivity contribution is 0.541. The Balaban J connectivity index is 2.06. The van der Waals surface area contributed by atoms with Crippen LogP contribution in [0.15, 0.2) is 35.7 Å². The second-order valence-electron chi connectivity index (χ2n) is 5.08. The van der Waals surface area contributed by atoms with Crippen molar-refractivity contribution in [3.05, 3.63) is 52.2 Å². The number of rotatable bonds is 5. The smallest absolute Gasteiger partial charge is 0.151 e. The van der Waals surface area contributed by atoms with Crippen molar-refractivity contribution in [1.82, 2.24) is 9.55 Å². The minimum Gasteiger partial charge on any atom is -0.325 e. The summed E-state index contributed by atoms with van der Waals surface area (Å²) < 4.78 is 16.1. The summed E-state index contributed by atoms with van der Waals surface area (Å²) in [5.74, 6) is 1.07. The largest absolute Gasteiger partial charge is 0.325 e. The lowest BCUT2D eigenvalue weighted by Crippen LogP contribution is -2.12. The summed E-state index contributed by atoms with van der Waals surface area (Å²) in [4.78, 5) is 5.78. The zero-order valence-corrected chi connectivity index (χ0v) is 13.3. The van der Waals surface area contributed by atoms with Gasteiger partial charge in [0.25, 0.3) is 0 Å². The molecule has 2 heterocycles. The molecular weight excluding hydrogens is 307 g/mol. The molecule has 21 heavy (non-hydrogen) atoms. The summed E-state index contributed by atoms with van der Waals surface area (Å²) in [6.45, 7) is 2.14. The minimum absolute atomic E-state index is 0.216. The molecular formula is C16H16ClFN2S. The Hall–Kier alpha value is -1.39. The van der Waals surface area contributed by atoms with Crippen LogP contribution in [-0.2, 0) is 12.8 Å². The van der Waals surface area contributed by atoms with Crippen LogP contribution in [0.25, 0.3) is 11.0 Å². The highest BCUT2D eigenvalue weighted by atomic mass is 35.5. The van der Waals surface area contributed by atoms with Gasteiger partial charge in [0.2, 0.25) is 0 Å². The van der Waals surface area contributed by atoms with Gasteiger partial charge in [0.15, 0.2) is 5.82 Å². The molecule has 5 heteroatoms. The third-order valence-electron chi connectivity index (χ3n) is 3.58. The quantitative estimate of drug-likeness (QED) is 0.616. The van der Waals surface area contributed by atoms with Gasteiger partial charge in [-0.3, -0.25) is 0 Å². The first kappa shape index (κ1) is 14.5. The van der Waals surface area contributed by atoms with Crippen LogP contribution in [0.3, 0.4) is 0 Å². The maximum Gasteiger partial charge on any atom is 0.151 e. The number of fused-ring (bicyclic) bond motifs is 1. The van der Waals surface area contributed by atoms with Crippen molar-refractivity contribution in [2.45, 2.75) is 25.8 Å². The number of halogens is 2. The molecule has 0 saturated carbocycles. The molecule has 1 atom stereocenters. The topological polar surface area (TPSA) is 17.8 Å². The highest BCUT2D eigenvalue weighted by Crippen LogP contribution is 2.27. The zero-order chi connectivity index (χ0) is 14.8. The summed E-state index contributed by atoms with van der Waals surface area (Å²) in [5, 5.41) is 2.08. The van der Waals surface area contributed by atoms with Crippen LogP contribution >= 0.6 is 22.9 Å². The van der Waals surface area contributed by atoms with Crippen LogP contribution in [0.4, 0.5) is 4.39 Å². The molecule has 2 nitrogen and oxygen atoms in total. The number of hydrogen-bond donors (Lipinski definition) is 0. The standard InChI is InChI=1S/C16H16ClFN2S/c1-11(10-12-4-3-9-21-12)20-14-6-2-5-13(18)16(14)19-15(20)7-8-17/h2-6,9,11H,7-8,10H2,1H3. The van der Waals surface area contributed by atoms with E-state index in [9.17, 15) is 4.39 Å². The highest BCUT2D eigenvalue weighted by molar-refractivity contribution is 7.09. The van der Waals surface area contributed by atoms with Crippen molar-refractivity contribution in [2.75, 3.05) is 5.88 Å². The van der Waals surface area contributed by atoms with Crippen molar-refractivity contribution >= 4 is 34.0 Å². The van der Waals surface area contributed by atoms with Crippen molar-refractivity contribution in [3.63, 3.8) is 0 Å². The summed E-state index contributed by atoms with van der Waals surface area (Å²) >= 11 is 7.62. The van der Waals surface area contributed by atoms with Gasteiger partial charge in [-0.05, 0) is 30.5 Å². The van der Waals surface area contributed by atoms with Gasteiger partial charge in [-0.2, -0.15) is 0 Å². The Morgan fingerprint density at radius 2 is 2.19 bits per heavy atom. The Morgan fingerprint density at radius 1 is 1.33 bits per heavy atom. The zero-order valence-electron chi connectivity index (χ0n) is 11.7. The second kappa shape index (κ2) is 6.16. The Kier molecular flexibility index (Phi) is 4.27. The highest BCUT2D eigenvalue weighted by Gasteiger charge is 2.18. The summed E-state index contributed by atoms with van der Waals surface area (Å²) in [7, 11) is 0. The molecule has 0 aliphatic carbocycles. The minimum atomic E-state index is -0.273. The molecule has 0 spiro atoms. The first-order valence-electron chi connectivity index (χ1n) is 6.94. The number of benzene rings is 1. The first-order valence-corrected chi connectivity index (χ1v) is 8.35. The third-order valence-corrected chi connectivity index (χ3v) is 4.67. The Labute approximate surface area is 132 Å². The van der Waals surface area contributed by atoms with Crippen LogP contribution in [-0.4, -0.2) is 15.4 Å². The molecule has 0 fully saturated rings. The number of hydrogen-bond acceptors (Lipinski definition) is 2. The molecule has 1 aromatic carbocycles. The van der Waals surface area contributed by atoms with Gasteiger partial charge in [-0.25, -0.2) is 9.37 Å². The van der Waals surface area contributed by atoms with E-state index in [1.165, 1.54) is 10.9 Å². The molecule has 0 aliphatic rings. The van der Waals surface area contributed by atoms with E-state index >= 15 is 0 Å². The lowest BCUT2D eigenvalue weighted by Gasteiger charge is -2.16. The fourth-order valence-corrected chi connectivity index (χ4v) is 3.69. The second-order valence-corrected chi connectivity index (χ2v) is 6.49. The molecule has 0 amide bonds. The molecule has 2 aromatic heterocycles. The van der Waals surface area contributed by atoms with Crippen molar-refractivity contribution in [1.29, 1.82) is 0 Å². The molecule has 3 aromatic rings. The van der Waals surface area contributed by atoms with Gasteiger partial charge >= 0.3 is 0 Å². The maximum atomic E-state index is 14.0. The summed E-state index contributed by atoms with van der Waals surface area (Å²) in [6.07, 6.45) is 1.55. The van der Waals surface area contributed by atoms with Gasteiger partial charge in [0.05, 0.1) is 5.52 Å². The SMILES string of the molecule is CC(Cc1cccs1)n1c(CCCl)nc2c(F)cccc21. The van der Waals surface area contributed by atoms with Crippen molar-refractivity contribution in [2.24, 2.45) is 0 Å². The van der Waals surface area contributed by atoms with Gasteiger partial charge in [-0.15, -0.1) is 22.9 Å². The van der Waals surface area contributed by atoms with Gasteiger partial charge < -0.3 is 4.57 Å². The number of thiophene rings is 1. The number of alkyl halides is 1. The third kappa shape index (κ3) is 2.83. The Morgan fingerprint density at radius 3 is 2.90 bits per heavy atom. The van der Waals surface area contributed by atoms with E-state index in [2.05, 4.69) is 34.0 Å². The van der Waals surface area contributed by atoms with Crippen LogP contribution < -0.4 is 0 Å². The summed E-state index contributed by atoms with van der Waals surface area (Å²) in [6, 6.07) is 9.51. The number of imidazole rings is 1. The molecule has 0 bridgehead atoms. The van der Waals surface area contributed by atoms with Crippen LogP contribution in [0.5, 0.6) is 0 Å². The van der Waals surface area contributed by atoms with E-state index in [1.54, 1.807) is 17.4 Å². The lowest BCUT2D eigenvalue weighted by atomic mass is 10.2. The number of para-hydroxylation sites is 1. The predicted molar refractivity (Wildman–Crippen MR) is 86.8 cm³/mol. The van der Waals surface area contributed by atoms with Crippen LogP contribution in [0.1, 0.15) is 23.7 Å². The average molecular weight is 323 g/mol. The normalized spacial score (nSPS) is 12.9. The molecule has 0 radical (unpaired) electrons. The number of aryl methyl sites for hydroxylation is 1. The number of nitrogens with zero attached hydrogens (tertiary/aromatic N) is 2. The van der Waals surface area contributed by atoms with E-state index < -0.39 is 0 Å². The maximum absolute atomic E-state index is 14.0. The predicted octanol–water partition coefficient (Wildman–Crippen LogP) is 4.82. The Bertz CT molecular complexity index is 736. The monoisotopic (exact) mass is 322 g/mol. The van der Waals surface area contributed by atoms with Gasteiger partial charge in [0, 0.05) is 29.6 Å². The van der Waals surface area contributed by atoms with E-state index in [-0.39, 0.29) is 11.9 Å².